The molecule has 1 unspecified atom stereocenters. The van der Waals surface area contributed by atoms with Gasteiger partial charge in [0.05, 0.1) is 13.7 Å². The molecule has 0 spiro atoms. The van der Waals surface area contributed by atoms with E-state index in [1.807, 2.05) is 6.92 Å². The fourth-order valence-electron chi connectivity index (χ4n) is 2.32. The first kappa shape index (κ1) is 14.3. The average molecular weight is 280 g/mol. The van der Waals surface area contributed by atoms with Crippen molar-refractivity contribution in [2.45, 2.75) is 25.9 Å². The van der Waals surface area contributed by atoms with Gasteiger partial charge in [-0.15, -0.1) is 0 Å². The molecule has 1 aromatic rings. The Morgan fingerprint density at radius 1 is 1.45 bits per heavy atom. The van der Waals surface area contributed by atoms with E-state index in [1.165, 1.54) is 18.1 Å². The predicted octanol–water partition coefficient (Wildman–Crippen LogP) is 1.07. The summed E-state index contributed by atoms with van der Waals surface area (Å²) >= 11 is 0. The number of nitrogens with zero attached hydrogens (tertiary/aromatic N) is 1. The van der Waals surface area contributed by atoms with Crippen LogP contribution in [0.5, 0.6) is 5.75 Å². The normalized spacial score (nSPS) is 18.9. The van der Waals surface area contributed by atoms with Gasteiger partial charge >= 0.3 is 0 Å². The molecular weight excluding hydrogens is 263 g/mol. The van der Waals surface area contributed by atoms with E-state index in [4.69, 9.17) is 4.74 Å². The molecule has 0 aromatic heterocycles. The molecule has 1 aromatic carbocycles. The maximum Gasteiger partial charge on any atom is 0.243 e. The van der Waals surface area contributed by atoms with Gasteiger partial charge in [0.25, 0.3) is 0 Å². The number of nitrogens with one attached hydrogen (secondary N) is 1. The summed E-state index contributed by atoms with van der Waals surface area (Å²) in [6.07, 6.45) is 0.489. The van der Waals surface area contributed by atoms with Crippen LogP contribution in [-0.2, 0) is 16.1 Å². The van der Waals surface area contributed by atoms with Gasteiger partial charge in [0.2, 0.25) is 11.8 Å². The molecule has 1 aliphatic rings. The van der Waals surface area contributed by atoms with Crippen molar-refractivity contribution in [2.75, 3.05) is 13.7 Å². The zero-order valence-electron chi connectivity index (χ0n) is 11.5. The van der Waals surface area contributed by atoms with Gasteiger partial charge in [0.15, 0.2) is 11.6 Å². The van der Waals surface area contributed by atoms with Gasteiger partial charge in [-0.2, -0.15) is 0 Å². The minimum Gasteiger partial charge on any atom is -0.494 e. The number of benzene rings is 1. The fraction of sp³-hybridized carbons (Fsp3) is 0.429. The lowest BCUT2D eigenvalue weighted by Gasteiger charge is -2.34. The van der Waals surface area contributed by atoms with Crippen LogP contribution in [0.1, 0.15) is 18.9 Å². The molecule has 1 fully saturated rings. The van der Waals surface area contributed by atoms with Crippen LogP contribution < -0.4 is 10.1 Å². The number of ether oxygens (including phenoxy) is 1. The molecule has 0 bridgehead atoms. The molecular formula is C14H17FN2O3. The Bertz CT molecular complexity index is 533. The molecule has 1 saturated heterocycles. The fourth-order valence-corrected chi connectivity index (χ4v) is 2.32. The van der Waals surface area contributed by atoms with Crippen molar-refractivity contribution in [2.24, 2.45) is 0 Å². The molecule has 2 rings (SSSR count). The second kappa shape index (κ2) is 5.90. The van der Waals surface area contributed by atoms with Gasteiger partial charge in [-0.1, -0.05) is 19.1 Å². The van der Waals surface area contributed by atoms with Crippen molar-refractivity contribution in [1.82, 2.24) is 10.2 Å². The van der Waals surface area contributed by atoms with Crippen molar-refractivity contribution in [3.63, 3.8) is 0 Å². The second-order valence-corrected chi connectivity index (χ2v) is 4.60. The van der Waals surface area contributed by atoms with Gasteiger partial charge in [0.1, 0.15) is 6.04 Å². The van der Waals surface area contributed by atoms with Crippen molar-refractivity contribution < 1.29 is 18.7 Å². The second-order valence-electron chi connectivity index (χ2n) is 4.60. The number of carbonyl (C=O) groups is 2. The number of rotatable bonds is 4. The van der Waals surface area contributed by atoms with Gasteiger partial charge in [-0.25, -0.2) is 4.39 Å². The molecule has 1 N–H and O–H groups in total. The van der Waals surface area contributed by atoms with E-state index in [0.29, 0.717) is 12.0 Å². The summed E-state index contributed by atoms with van der Waals surface area (Å²) < 4.78 is 19.0. The van der Waals surface area contributed by atoms with Crippen LogP contribution in [0.25, 0.3) is 0 Å². The molecule has 1 aliphatic heterocycles. The third kappa shape index (κ3) is 2.59. The summed E-state index contributed by atoms with van der Waals surface area (Å²) in [6, 6.07) is 4.21. The Kier molecular flexibility index (Phi) is 4.22. The topological polar surface area (TPSA) is 58.6 Å². The molecule has 0 radical (unpaired) electrons. The quantitative estimate of drug-likeness (QED) is 0.897. The highest BCUT2D eigenvalue weighted by molar-refractivity contribution is 5.94. The zero-order chi connectivity index (χ0) is 14.7. The van der Waals surface area contributed by atoms with E-state index < -0.39 is 11.9 Å². The van der Waals surface area contributed by atoms with Gasteiger partial charge in [-0.05, 0) is 12.5 Å². The maximum atomic E-state index is 14.1. The van der Waals surface area contributed by atoms with Gasteiger partial charge in [0, 0.05) is 12.1 Å². The molecule has 2 amide bonds. The van der Waals surface area contributed by atoms with Crippen molar-refractivity contribution in [3.8, 4) is 5.75 Å². The van der Waals surface area contributed by atoms with E-state index in [-0.39, 0.29) is 30.7 Å². The molecule has 5 nitrogen and oxygen atoms in total. The maximum absolute atomic E-state index is 14.1. The summed E-state index contributed by atoms with van der Waals surface area (Å²) in [4.78, 5) is 25.1. The zero-order valence-corrected chi connectivity index (χ0v) is 11.5. The van der Waals surface area contributed by atoms with Crippen LogP contribution in [0, 0.1) is 5.82 Å². The first-order valence-corrected chi connectivity index (χ1v) is 6.47. The summed E-state index contributed by atoms with van der Waals surface area (Å²) in [7, 11) is 1.39. The van der Waals surface area contributed by atoms with Crippen molar-refractivity contribution in [1.29, 1.82) is 0 Å². The monoisotopic (exact) mass is 280 g/mol. The minimum absolute atomic E-state index is 0.0408. The van der Waals surface area contributed by atoms with Crippen LogP contribution >= 0.6 is 0 Å². The lowest BCUT2D eigenvalue weighted by Crippen LogP contribution is -2.57. The first-order chi connectivity index (χ1) is 9.58. The van der Waals surface area contributed by atoms with E-state index in [0.717, 1.165) is 0 Å². The Hall–Kier alpha value is -2.11. The number of piperazine rings is 1. The molecule has 1 heterocycles. The molecule has 108 valence electrons. The predicted molar refractivity (Wildman–Crippen MR) is 70.6 cm³/mol. The van der Waals surface area contributed by atoms with E-state index >= 15 is 0 Å². The molecule has 6 heteroatoms. The van der Waals surface area contributed by atoms with Crippen LogP contribution in [0.15, 0.2) is 18.2 Å². The summed E-state index contributed by atoms with van der Waals surface area (Å²) in [6.45, 7) is 1.84. The number of hydrogen-bond acceptors (Lipinski definition) is 3. The number of amides is 2. The Morgan fingerprint density at radius 2 is 2.20 bits per heavy atom. The van der Waals surface area contributed by atoms with Crippen LogP contribution in [0.3, 0.4) is 0 Å². The van der Waals surface area contributed by atoms with Crippen LogP contribution in [0.4, 0.5) is 4.39 Å². The number of methoxy groups -OCH3 is 1. The van der Waals surface area contributed by atoms with Crippen LogP contribution in [-0.4, -0.2) is 36.4 Å². The van der Waals surface area contributed by atoms with E-state index in [1.54, 1.807) is 12.1 Å². The molecule has 0 saturated carbocycles. The Morgan fingerprint density at radius 3 is 2.85 bits per heavy atom. The van der Waals surface area contributed by atoms with E-state index in [9.17, 15) is 14.0 Å². The van der Waals surface area contributed by atoms with Gasteiger partial charge < -0.3 is 15.0 Å². The number of carbonyl (C=O) groups excluding carboxylic acids is 2. The first-order valence-electron chi connectivity index (χ1n) is 6.47. The number of halogens is 1. The average Bonchev–Trinajstić information content (AvgIpc) is 2.45. The Balaban J connectivity index is 2.27. The highest BCUT2D eigenvalue weighted by Gasteiger charge is 2.33. The van der Waals surface area contributed by atoms with Crippen molar-refractivity contribution >= 4 is 11.8 Å². The third-order valence-electron chi connectivity index (χ3n) is 3.40. The van der Waals surface area contributed by atoms with Crippen LogP contribution in [0.2, 0.25) is 0 Å². The largest absolute Gasteiger partial charge is 0.494 e. The Labute approximate surface area is 116 Å². The van der Waals surface area contributed by atoms with E-state index in [2.05, 4.69) is 5.32 Å². The SMILES string of the molecule is CCC1C(=O)NCC(=O)N1Cc1cccc(OC)c1F. The lowest BCUT2D eigenvalue weighted by atomic mass is 10.1. The summed E-state index contributed by atoms with van der Waals surface area (Å²) in [5.41, 5.74) is 0.339. The number of hydrogen-bond donors (Lipinski definition) is 1. The minimum atomic E-state index is -0.554. The van der Waals surface area contributed by atoms with Gasteiger partial charge in [-0.3, -0.25) is 9.59 Å². The highest BCUT2D eigenvalue weighted by atomic mass is 19.1. The molecule has 1 atom stereocenters. The highest BCUT2D eigenvalue weighted by Crippen LogP contribution is 2.23. The molecule has 0 aliphatic carbocycles. The molecule has 20 heavy (non-hydrogen) atoms. The third-order valence-corrected chi connectivity index (χ3v) is 3.40. The summed E-state index contributed by atoms with van der Waals surface area (Å²) in [5, 5.41) is 2.54. The standard InChI is InChI=1S/C14H17FN2O3/c1-3-10-14(19)16-7-12(18)17(10)8-9-5-4-6-11(20-2)13(9)15/h4-6,10H,3,7-8H2,1-2H3,(H,16,19). The lowest BCUT2D eigenvalue weighted by molar-refractivity contribution is -0.146. The smallest absolute Gasteiger partial charge is 0.243 e. The summed E-state index contributed by atoms with van der Waals surface area (Å²) in [5.74, 6) is -0.776. The van der Waals surface area contributed by atoms with Crippen molar-refractivity contribution in [3.05, 3.63) is 29.6 Å².